The number of rotatable bonds is 3. The Morgan fingerprint density at radius 1 is 1.30 bits per heavy atom. The average Bonchev–Trinajstić information content (AvgIpc) is 2.36. The Bertz CT molecular complexity index is 735. The molecule has 0 saturated carbocycles. The predicted octanol–water partition coefficient (Wildman–Crippen LogP) is 2.47. The summed E-state index contributed by atoms with van der Waals surface area (Å²) in [5, 5.41) is 3.69. The van der Waals surface area contributed by atoms with Gasteiger partial charge >= 0.3 is 0 Å². The molecule has 5 heteroatoms. The zero-order valence-corrected chi connectivity index (χ0v) is 12.4. The highest BCUT2D eigenvalue weighted by atomic mass is 35.5. The van der Waals surface area contributed by atoms with E-state index in [2.05, 4.69) is 5.10 Å². The predicted molar refractivity (Wildman–Crippen MR) is 78.6 cm³/mol. The van der Waals surface area contributed by atoms with Crippen LogP contribution in [0.15, 0.2) is 29.1 Å². The molecule has 0 aliphatic rings. The van der Waals surface area contributed by atoms with Crippen molar-refractivity contribution in [3.8, 4) is 5.69 Å². The van der Waals surface area contributed by atoms with Crippen molar-refractivity contribution in [1.82, 2.24) is 9.78 Å². The van der Waals surface area contributed by atoms with Gasteiger partial charge in [-0.3, -0.25) is 9.59 Å². The second-order valence-corrected chi connectivity index (χ2v) is 5.18. The van der Waals surface area contributed by atoms with E-state index in [1.54, 1.807) is 4.68 Å². The Morgan fingerprint density at radius 3 is 2.65 bits per heavy atom. The molecular weight excluding hydrogens is 276 g/mol. The van der Waals surface area contributed by atoms with Crippen molar-refractivity contribution < 1.29 is 4.79 Å². The number of halogens is 1. The van der Waals surface area contributed by atoms with Crippen molar-refractivity contribution in [3.63, 3.8) is 0 Å². The lowest BCUT2D eigenvalue weighted by Gasteiger charge is -2.14. The van der Waals surface area contributed by atoms with Gasteiger partial charge in [0.2, 0.25) is 10.7 Å². The maximum Gasteiger partial charge on any atom is 0.227 e. The van der Waals surface area contributed by atoms with E-state index in [1.165, 1.54) is 6.07 Å². The van der Waals surface area contributed by atoms with Gasteiger partial charge in [0.15, 0.2) is 0 Å². The van der Waals surface area contributed by atoms with E-state index in [9.17, 15) is 9.59 Å². The van der Waals surface area contributed by atoms with Crippen LogP contribution >= 0.6 is 11.6 Å². The van der Waals surface area contributed by atoms with Gasteiger partial charge in [-0.05, 0) is 49.6 Å². The highest BCUT2D eigenvalue weighted by molar-refractivity contribution is 6.63. The van der Waals surface area contributed by atoms with Gasteiger partial charge in [-0.25, -0.2) is 4.68 Å². The quantitative estimate of drug-likeness (QED) is 0.816. The van der Waals surface area contributed by atoms with Crippen LogP contribution in [0.1, 0.15) is 22.5 Å². The fourth-order valence-corrected chi connectivity index (χ4v) is 2.17. The highest BCUT2D eigenvalue weighted by Crippen LogP contribution is 2.17. The number of nitrogens with zero attached hydrogens (tertiary/aromatic N) is 2. The van der Waals surface area contributed by atoms with E-state index in [4.69, 9.17) is 11.6 Å². The summed E-state index contributed by atoms with van der Waals surface area (Å²) in [6.45, 7) is 5.82. The van der Waals surface area contributed by atoms with Gasteiger partial charge in [-0.15, -0.1) is 0 Å². The third-order valence-corrected chi connectivity index (χ3v) is 3.42. The third kappa shape index (κ3) is 2.80. The summed E-state index contributed by atoms with van der Waals surface area (Å²) < 4.78 is 1.68. The van der Waals surface area contributed by atoms with Crippen LogP contribution in [-0.4, -0.2) is 15.0 Å². The highest BCUT2D eigenvalue weighted by Gasteiger charge is 2.12. The number of hydrogen-bond acceptors (Lipinski definition) is 3. The molecule has 104 valence electrons. The molecule has 1 aromatic heterocycles. The van der Waals surface area contributed by atoms with Gasteiger partial charge in [0.1, 0.15) is 5.69 Å². The molecule has 0 radical (unpaired) electrons. The van der Waals surface area contributed by atoms with E-state index in [0.717, 1.165) is 22.5 Å². The number of benzene rings is 1. The maximum absolute atomic E-state index is 11.8. The van der Waals surface area contributed by atoms with E-state index in [-0.39, 0.29) is 17.5 Å². The van der Waals surface area contributed by atoms with Crippen molar-refractivity contribution in [2.75, 3.05) is 0 Å². The van der Waals surface area contributed by atoms with E-state index < -0.39 is 5.24 Å². The standard InChI is InChI=1S/C15H15ClN2O2/c1-9-5-4-6-13(11(9)3)18-10(2)7-14(19)12(17-18)8-15(16)20/h4-7H,8H2,1-3H3. The van der Waals surface area contributed by atoms with Gasteiger partial charge in [0.25, 0.3) is 0 Å². The Morgan fingerprint density at radius 2 is 2.00 bits per heavy atom. The lowest BCUT2D eigenvalue weighted by Crippen LogP contribution is -2.20. The van der Waals surface area contributed by atoms with Crippen molar-refractivity contribution >= 4 is 16.8 Å². The van der Waals surface area contributed by atoms with Gasteiger partial charge < -0.3 is 0 Å². The summed E-state index contributed by atoms with van der Waals surface area (Å²) in [5.41, 5.74) is 3.72. The Hall–Kier alpha value is -1.94. The topological polar surface area (TPSA) is 52.0 Å². The second kappa shape index (κ2) is 5.59. The molecular formula is C15H15ClN2O2. The smallest absolute Gasteiger partial charge is 0.227 e. The Kier molecular flexibility index (Phi) is 4.04. The van der Waals surface area contributed by atoms with E-state index in [0.29, 0.717) is 0 Å². The Labute approximate surface area is 122 Å². The van der Waals surface area contributed by atoms with E-state index in [1.807, 2.05) is 39.0 Å². The molecule has 0 fully saturated rings. The van der Waals surface area contributed by atoms with E-state index >= 15 is 0 Å². The minimum atomic E-state index is -0.592. The van der Waals surface area contributed by atoms with Crippen LogP contribution < -0.4 is 5.43 Å². The first-order chi connectivity index (χ1) is 9.40. The summed E-state index contributed by atoms with van der Waals surface area (Å²) in [4.78, 5) is 22.8. The molecule has 0 bridgehead atoms. The molecule has 0 unspecified atom stereocenters. The minimum Gasteiger partial charge on any atom is -0.288 e. The fraction of sp³-hybridized carbons (Fsp3) is 0.267. The monoisotopic (exact) mass is 290 g/mol. The van der Waals surface area contributed by atoms with Crippen LogP contribution in [0.25, 0.3) is 5.69 Å². The maximum atomic E-state index is 11.8. The first kappa shape index (κ1) is 14.5. The lowest BCUT2D eigenvalue weighted by atomic mass is 10.1. The summed E-state index contributed by atoms with van der Waals surface area (Å²) in [7, 11) is 0. The molecule has 20 heavy (non-hydrogen) atoms. The molecule has 0 saturated heterocycles. The largest absolute Gasteiger partial charge is 0.288 e. The lowest BCUT2D eigenvalue weighted by molar-refractivity contribution is -0.111. The number of aryl methyl sites for hydroxylation is 2. The first-order valence-corrected chi connectivity index (χ1v) is 6.62. The van der Waals surface area contributed by atoms with Crippen molar-refractivity contribution in [3.05, 3.63) is 57.0 Å². The molecule has 1 aromatic carbocycles. The molecule has 2 rings (SSSR count). The summed E-state index contributed by atoms with van der Waals surface area (Å²) in [5.74, 6) is 0. The third-order valence-electron chi connectivity index (χ3n) is 3.29. The second-order valence-electron chi connectivity index (χ2n) is 4.76. The van der Waals surface area contributed by atoms with Gasteiger partial charge in [-0.1, -0.05) is 12.1 Å². The number of hydrogen-bond donors (Lipinski definition) is 0. The number of carbonyl (C=O) groups is 1. The van der Waals surface area contributed by atoms with Crippen molar-refractivity contribution in [2.45, 2.75) is 27.2 Å². The van der Waals surface area contributed by atoms with Gasteiger partial charge in [0.05, 0.1) is 12.1 Å². The molecule has 0 aliphatic heterocycles. The molecule has 0 atom stereocenters. The molecule has 4 nitrogen and oxygen atoms in total. The van der Waals surface area contributed by atoms with Gasteiger partial charge in [-0.2, -0.15) is 5.10 Å². The first-order valence-electron chi connectivity index (χ1n) is 6.25. The molecule has 0 amide bonds. The SMILES string of the molecule is Cc1cccc(-n2nc(CC(=O)Cl)c(=O)cc2C)c1C. The van der Waals surface area contributed by atoms with Crippen molar-refractivity contribution in [1.29, 1.82) is 0 Å². The molecule has 2 aromatic rings. The number of carbonyl (C=O) groups excluding carboxylic acids is 1. The summed E-state index contributed by atoms with van der Waals surface area (Å²) in [6.07, 6.45) is -0.161. The van der Waals surface area contributed by atoms with Gasteiger partial charge in [0, 0.05) is 11.8 Å². The number of aromatic nitrogens is 2. The summed E-state index contributed by atoms with van der Waals surface area (Å²) >= 11 is 5.35. The molecule has 0 aliphatic carbocycles. The van der Waals surface area contributed by atoms with Crippen LogP contribution in [0.3, 0.4) is 0 Å². The minimum absolute atomic E-state index is 0.161. The molecule has 1 heterocycles. The zero-order chi connectivity index (χ0) is 14.9. The molecule has 0 N–H and O–H groups in total. The normalized spacial score (nSPS) is 10.6. The zero-order valence-electron chi connectivity index (χ0n) is 11.6. The average molecular weight is 291 g/mol. The van der Waals surface area contributed by atoms with Crippen LogP contribution in [0.4, 0.5) is 0 Å². The van der Waals surface area contributed by atoms with Crippen LogP contribution in [0.2, 0.25) is 0 Å². The Balaban J connectivity index is 2.65. The fourth-order valence-electron chi connectivity index (χ4n) is 2.05. The van der Waals surface area contributed by atoms with Crippen molar-refractivity contribution in [2.24, 2.45) is 0 Å². The van der Waals surface area contributed by atoms with Crippen LogP contribution in [0, 0.1) is 20.8 Å². The van der Waals surface area contributed by atoms with Crippen LogP contribution in [-0.2, 0) is 11.2 Å². The summed E-state index contributed by atoms with van der Waals surface area (Å²) in [6, 6.07) is 7.35. The molecule has 0 spiro atoms. The van der Waals surface area contributed by atoms with Crippen LogP contribution in [0.5, 0.6) is 0 Å².